The van der Waals surface area contributed by atoms with E-state index in [1.165, 1.54) is 6.33 Å². The van der Waals surface area contributed by atoms with Gasteiger partial charge in [0.15, 0.2) is 0 Å². The minimum absolute atomic E-state index is 0.332. The lowest BCUT2D eigenvalue weighted by Crippen LogP contribution is -2.22. The molecule has 0 radical (unpaired) electrons. The SMILES string of the molecule is CSCCN(C)c1ncnc(Cl)c1CCl. The van der Waals surface area contributed by atoms with Crippen LogP contribution in [-0.2, 0) is 5.88 Å². The summed E-state index contributed by atoms with van der Waals surface area (Å²) in [7, 11) is 1.98. The molecule has 6 heteroatoms. The first kappa shape index (κ1) is 12.9. The quantitative estimate of drug-likeness (QED) is 0.605. The molecule has 0 aliphatic carbocycles. The maximum atomic E-state index is 5.94. The van der Waals surface area contributed by atoms with Crippen LogP contribution < -0.4 is 4.90 Å². The van der Waals surface area contributed by atoms with Gasteiger partial charge in [0.05, 0.1) is 5.88 Å². The average Bonchev–Trinajstić information content (AvgIpc) is 2.25. The summed E-state index contributed by atoms with van der Waals surface area (Å²) in [5.74, 6) is 2.19. The summed E-state index contributed by atoms with van der Waals surface area (Å²) >= 11 is 13.6. The van der Waals surface area contributed by atoms with Gasteiger partial charge in [0.2, 0.25) is 0 Å². The van der Waals surface area contributed by atoms with E-state index in [1.54, 1.807) is 11.8 Å². The predicted octanol–water partition coefficient (Wildman–Crippen LogP) is 2.67. The van der Waals surface area contributed by atoms with Crippen LogP contribution in [0.2, 0.25) is 5.15 Å². The van der Waals surface area contributed by atoms with E-state index in [0.29, 0.717) is 11.0 Å². The van der Waals surface area contributed by atoms with Crippen molar-refractivity contribution in [3.05, 3.63) is 17.0 Å². The Morgan fingerprint density at radius 1 is 1.47 bits per heavy atom. The highest BCUT2D eigenvalue weighted by molar-refractivity contribution is 7.98. The Morgan fingerprint density at radius 2 is 2.20 bits per heavy atom. The lowest BCUT2D eigenvalue weighted by atomic mass is 10.3. The molecule has 1 aromatic rings. The Morgan fingerprint density at radius 3 is 2.80 bits per heavy atom. The first-order chi connectivity index (χ1) is 7.20. The van der Waals surface area contributed by atoms with E-state index in [4.69, 9.17) is 23.2 Å². The number of hydrogen-bond acceptors (Lipinski definition) is 4. The molecule has 0 saturated heterocycles. The third kappa shape index (κ3) is 3.40. The molecular formula is C9H13Cl2N3S. The Balaban J connectivity index is 2.87. The van der Waals surface area contributed by atoms with Gasteiger partial charge in [-0.1, -0.05) is 11.6 Å². The fraction of sp³-hybridized carbons (Fsp3) is 0.556. The lowest BCUT2D eigenvalue weighted by Gasteiger charge is -2.20. The van der Waals surface area contributed by atoms with Gasteiger partial charge in [-0.25, -0.2) is 9.97 Å². The minimum Gasteiger partial charge on any atom is -0.358 e. The van der Waals surface area contributed by atoms with Gasteiger partial charge >= 0.3 is 0 Å². The van der Waals surface area contributed by atoms with Crippen LogP contribution in [0.5, 0.6) is 0 Å². The van der Waals surface area contributed by atoms with E-state index >= 15 is 0 Å². The van der Waals surface area contributed by atoms with Gasteiger partial charge in [0, 0.05) is 24.9 Å². The van der Waals surface area contributed by atoms with Crippen molar-refractivity contribution in [2.24, 2.45) is 0 Å². The number of alkyl halides is 1. The van der Waals surface area contributed by atoms with Crippen LogP contribution in [0.3, 0.4) is 0 Å². The number of rotatable bonds is 5. The van der Waals surface area contributed by atoms with Gasteiger partial charge in [0.1, 0.15) is 17.3 Å². The van der Waals surface area contributed by atoms with Gasteiger partial charge < -0.3 is 4.90 Å². The molecule has 0 fully saturated rings. The van der Waals surface area contributed by atoms with E-state index in [2.05, 4.69) is 16.2 Å². The highest BCUT2D eigenvalue weighted by atomic mass is 35.5. The molecular weight excluding hydrogens is 253 g/mol. The van der Waals surface area contributed by atoms with E-state index in [0.717, 1.165) is 23.7 Å². The van der Waals surface area contributed by atoms with Crippen molar-refractivity contribution in [2.75, 3.05) is 30.5 Å². The Kier molecular flexibility index (Phi) is 5.50. The maximum Gasteiger partial charge on any atom is 0.138 e. The van der Waals surface area contributed by atoms with Crippen LogP contribution in [-0.4, -0.2) is 35.6 Å². The molecule has 0 bridgehead atoms. The van der Waals surface area contributed by atoms with Crippen molar-refractivity contribution in [2.45, 2.75) is 5.88 Å². The van der Waals surface area contributed by atoms with Gasteiger partial charge in [-0.15, -0.1) is 11.6 Å². The number of anilines is 1. The molecule has 1 aromatic heterocycles. The van der Waals surface area contributed by atoms with Crippen molar-refractivity contribution in [3.63, 3.8) is 0 Å². The maximum absolute atomic E-state index is 5.94. The molecule has 0 aromatic carbocycles. The molecule has 0 aliphatic heterocycles. The van der Waals surface area contributed by atoms with Crippen molar-refractivity contribution in [3.8, 4) is 0 Å². The van der Waals surface area contributed by atoms with Crippen molar-refractivity contribution >= 4 is 40.8 Å². The molecule has 84 valence electrons. The van der Waals surface area contributed by atoms with Gasteiger partial charge in [-0.3, -0.25) is 0 Å². The van der Waals surface area contributed by atoms with E-state index in [-0.39, 0.29) is 0 Å². The Bertz CT molecular complexity index is 322. The molecule has 1 rings (SSSR count). The molecule has 0 aliphatic rings. The van der Waals surface area contributed by atoms with Gasteiger partial charge in [0.25, 0.3) is 0 Å². The van der Waals surface area contributed by atoms with Crippen LogP contribution in [0.4, 0.5) is 5.82 Å². The number of hydrogen-bond donors (Lipinski definition) is 0. The second-order valence-electron chi connectivity index (χ2n) is 3.01. The molecule has 3 nitrogen and oxygen atoms in total. The van der Waals surface area contributed by atoms with E-state index < -0.39 is 0 Å². The largest absolute Gasteiger partial charge is 0.358 e. The molecule has 1 heterocycles. The fourth-order valence-electron chi connectivity index (χ4n) is 1.16. The van der Waals surface area contributed by atoms with Gasteiger partial charge in [-0.05, 0) is 6.26 Å². The van der Waals surface area contributed by atoms with Crippen LogP contribution in [0.1, 0.15) is 5.56 Å². The summed E-state index contributed by atoms with van der Waals surface area (Å²) in [6.07, 6.45) is 3.53. The number of thioether (sulfide) groups is 1. The first-order valence-electron chi connectivity index (χ1n) is 4.46. The van der Waals surface area contributed by atoms with Crippen LogP contribution in [0, 0.1) is 0 Å². The second kappa shape index (κ2) is 6.40. The summed E-state index contributed by atoms with van der Waals surface area (Å²) < 4.78 is 0. The van der Waals surface area contributed by atoms with Crippen molar-refractivity contribution < 1.29 is 0 Å². The summed E-state index contributed by atoms with van der Waals surface area (Å²) in [6, 6.07) is 0. The highest BCUT2D eigenvalue weighted by Crippen LogP contribution is 2.24. The Labute approximate surface area is 104 Å². The molecule has 0 unspecified atom stereocenters. The van der Waals surface area contributed by atoms with Gasteiger partial charge in [-0.2, -0.15) is 11.8 Å². The van der Waals surface area contributed by atoms with Crippen LogP contribution >= 0.6 is 35.0 Å². The zero-order valence-electron chi connectivity index (χ0n) is 8.70. The third-order valence-electron chi connectivity index (χ3n) is 2.00. The van der Waals surface area contributed by atoms with Crippen LogP contribution in [0.25, 0.3) is 0 Å². The average molecular weight is 266 g/mol. The standard InChI is InChI=1S/C9H13Cl2N3S/c1-14(3-4-15-2)9-7(5-10)8(11)12-6-13-9/h6H,3-5H2,1-2H3. The molecule has 0 saturated carbocycles. The highest BCUT2D eigenvalue weighted by Gasteiger charge is 2.12. The zero-order chi connectivity index (χ0) is 11.3. The minimum atomic E-state index is 0.332. The summed E-state index contributed by atoms with van der Waals surface area (Å²) in [5, 5.41) is 0.436. The molecule has 0 spiro atoms. The molecule has 15 heavy (non-hydrogen) atoms. The fourth-order valence-corrected chi connectivity index (χ4v) is 2.13. The lowest BCUT2D eigenvalue weighted by molar-refractivity contribution is 0.922. The molecule has 0 amide bonds. The topological polar surface area (TPSA) is 29.0 Å². The second-order valence-corrected chi connectivity index (χ2v) is 4.63. The van der Waals surface area contributed by atoms with Crippen LogP contribution in [0.15, 0.2) is 6.33 Å². The third-order valence-corrected chi connectivity index (χ3v) is 3.18. The van der Waals surface area contributed by atoms with E-state index in [1.807, 2.05) is 11.9 Å². The predicted molar refractivity (Wildman–Crippen MR) is 68.3 cm³/mol. The van der Waals surface area contributed by atoms with E-state index in [9.17, 15) is 0 Å². The summed E-state index contributed by atoms with van der Waals surface area (Å²) in [6.45, 7) is 0.915. The Hall–Kier alpha value is -0.190. The summed E-state index contributed by atoms with van der Waals surface area (Å²) in [4.78, 5) is 10.2. The van der Waals surface area contributed by atoms with Crippen molar-refractivity contribution in [1.29, 1.82) is 0 Å². The normalized spacial score (nSPS) is 10.4. The number of aromatic nitrogens is 2. The first-order valence-corrected chi connectivity index (χ1v) is 6.76. The molecule has 0 atom stereocenters. The van der Waals surface area contributed by atoms with Crippen molar-refractivity contribution in [1.82, 2.24) is 9.97 Å². The summed E-state index contributed by atoms with van der Waals surface area (Å²) in [5.41, 5.74) is 0.796. The smallest absolute Gasteiger partial charge is 0.138 e. The monoisotopic (exact) mass is 265 g/mol. The number of nitrogens with zero attached hydrogens (tertiary/aromatic N) is 3. The zero-order valence-corrected chi connectivity index (χ0v) is 11.0. The number of halogens is 2. The molecule has 0 N–H and O–H groups in total.